The molecule has 0 radical (unpaired) electrons. The summed E-state index contributed by atoms with van der Waals surface area (Å²) < 4.78 is 11.6. The number of rotatable bonds is 3. The average Bonchev–Trinajstić information content (AvgIpc) is 2.80. The van der Waals surface area contributed by atoms with Crippen molar-refractivity contribution < 1.29 is 13.9 Å². The number of carbonyl (C=O) groups is 1. The zero-order valence-corrected chi connectivity index (χ0v) is 11.8. The molecule has 2 aromatic rings. The second-order valence-electron chi connectivity index (χ2n) is 3.26. The molecule has 0 bridgehead atoms. The summed E-state index contributed by atoms with van der Waals surface area (Å²) in [7, 11) is 1.57. The van der Waals surface area contributed by atoms with Gasteiger partial charge in [0.1, 0.15) is 11.5 Å². The van der Waals surface area contributed by atoms with Gasteiger partial charge < -0.3 is 9.15 Å². The van der Waals surface area contributed by atoms with Crippen molar-refractivity contribution in [1.29, 1.82) is 0 Å². The third kappa shape index (κ3) is 2.32. The van der Waals surface area contributed by atoms with Gasteiger partial charge in [-0.2, -0.15) is 0 Å². The summed E-state index contributed by atoms with van der Waals surface area (Å²) in [5.41, 5.74) is 0.661. The Bertz CT molecular complexity index is 563. The molecule has 88 valence electrons. The zero-order chi connectivity index (χ0) is 12.4. The van der Waals surface area contributed by atoms with Crippen LogP contribution in [0.5, 0.6) is 5.75 Å². The Morgan fingerprint density at radius 1 is 1.35 bits per heavy atom. The van der Waals surface area contributed by atoms with Gasteiger partial charge in [0, 0.05) is 0 Å². The Balaban J connectivity index is 2.64. The molecule has 0 aliphatic carbocycles. The normalized spacial score (nSPS) is 10.3. The molecule has 2 rings (SSSR count). The predicted molar refractivity (Wildman–Crippen MR) is 73.8 cm³/mol. The van der Waals surface area contributed by atoms with E-state index in [2.05, 4.69) is 22.6 Å². The molecule has 0 amide bonds. The fourth-order valence-electron chi connectivity index (χ4n) is 1.51. The van der Waals surface area contributed by atoms with Crippen LogP contribution in [0.25, 0.3) is 11.3 Å². The Morgan fingerprint density at radius 3 is 2.71 bits per heavy atom. The van der Waals surface area contributed by atoms with Gasteiger partial charge in [-0.3, -0.25) is 4.79 Å². The molecule has 0 N–H and O–H groups in total. The summed E-state index contributed by atoms with van der Waals surface area (Å²) in [5, 5.41) is 0.522. The van der Waals surface area contributed by atoms with Gasteiger partial charge >= 0.3 is 0 Å². The highest BCUT2D eigenvalue weighted by atomic mass is 127. The van der Waals surface area contributed by atoms with E-state index in [4.69, 9.17) is 20.8 Å². The first kappa shape index (κ1) is 12.4. The molecule has 0 saturated carbocycles. The first-order valence-corrected chi connectivity index (χ1v) is 6.20. The maximum Gasteiger partial charge on any atom is 0.185 e. The second kappa shape index (κ2) is 5.10. The zero-order valence-electron chi connectivity index (χ0n) is 8.87. The van der Waals surface area contributed by atoms with Crippen LogP contribution < -0.4 is 4.74 Å². The number of ether oxygens (including phenoxy) is 1. The lowest BCUT2D eigenvalue weighted by molar-refractivity contribution is 0.110. The van der Waals surface area contributed by atoms with Crippen LogP contribution in [0.4, 0.5) is 0 Å². The van der Waals surface area contributed by atoms with Gasteiger partial charge in [0.25, 0.3) is 0 Å². The van der Waals surface area contributed by atoms with Gasteiger partial charge in [-0.15, -0.1) is 0 Å². The number of halogens is 2. The minimum atomic E-state index is 0.261. The van der Waals surface area contributed by atoms with Crippen molar-refractivity contribution in [3.05, 3.63) is 38.6 Å². The first-order valence-electron chi connectivity index (χ1n) is 4.74. The minimum Gasteiger partial charge on any atom is -0.495 e. The van der Waals surface area contributed by atoms with E-state index in [0.717, 1.165) is 3.57 Å². The number of hydrogen-bond acceptors (Lipinski definition) is 3. The Morgan fingerprint density at radius 2 is 2.12 bits per heavy atom. The molecule has 1 aromatic carbocycles. The molecule has 5 heteroatoms. The fraction of sp³-hybridized carbons (Fsp3) is 0.0833. The second-order valence-corrected chi connectivity index (χ2v) is 4.83. The molecular formula is C12H8ClIO3. The lowest BCUT2D eigenvalue weighted by Gasteiger charge is -2.10. The van der Waals surface area contributed by atoms with Crippen molar-refractivity contribution in [1.82, 2.24) is 0 Å². The average molecular weight is 363 g/mol. The van der Waals surface area contributed by atoms with Crippen molar-refractivity contribution in [2.75, 3.05) is 7.11 Å². The maximum atomic E-state index is 10.6. The van der Waals surface area contributed by atoms with E-state index in [1.165, 1.54) is 0 Å². The van der Waals surface area contributed by atoms with Crippen molar-refractivity contribution in [3.63, 3.8) is 0 Å². The van der Waals surface area contributed by atoms with E-state index in [1.54, 1.807) is 25.3 Å². The highest BCUT2D eigenvalue weighted by Gasteiger charge is 2.16. The van der Waals surface area contributed by atoms with E-state index in [1.807, 2.05) is 6.07 Å². The molecule has 0 aliphatic heterocycles. The van der Waals surface area contributed by atoms with Gasteiger partial charge in [0.2, 0.25) is 0 Å². The van der Waals surface area contributed by atoms with Crippen LogP contribution in [-0.4, -0.2) is 13.4 Å². The van der Waals surface area contributed by atoms with Crippen LogP contribution in [0.2, 0.25) is 5.02 Å². The van der Waals surface area contributed by atoms with E-state index in [0.29, 0.717) is 28.4 Å². The summed E-state index contributed by atoms with van der Waals surface area (Å²) in [5.74, 6) is 1.43. The molecule has 0 aliphatic rings. The summed E-state index contributed by atoms with van der Waals surface area (Å²) in [6, 6.07) is 6.92. The Hall–Kier alpha value is -1.01. The number of hydrogen-bond donors (Lipinski definition) is 0. The van der Waals surface area contributed by atoms with Crippen molar-refractivity contribution in [2.45, 2.75) is 0 Å². The number of aldehydes is 1. The standard InChI is InChI=1S/C12H8ClIO3/c1-16-12-9(14)4-3-8(13)11(12)10-5-2-7(6-15)17-10/h2-6H,1H3. The smallest absolute Gasteiger partial charge is 0.185 e. The molecule has 17 heavy (non-hydrogen) atoms. The molecule has 1 heterocycles. The van der Waals surface area contributed by atoms with Gasteiger partial charge in [-0.25, -0.2) is 0 Å². The number of carbonyl (C=O) groups excluding carboxylic acids is 1. The SMILES string of the molecule is COc1c(I)ccc(Cl)c1-c1ccc(C=O)o1. The fourth-order valence-corrected chi connectivity index (χ4v) is 2.42. The van der Waals surface area contributed by atoms with Crippen LogP contribution in [0, 0.1) is 3.57 Å². The van der Waals surface area contributed by atoms with Gasteiger partial charge in [0.15, 0.2) is 12.0 Å². The maximum absolute atomic E-state index is 10.6. The molecule has 0 saturated heterocycles. The van der Waals surface area contributed by atoms with E-state index < -0.39 is 0 Å². The minimum absolute atomic E-state index is 0.261. The van der Waals surface area contributed by atoms with Gasteiger partial charge in [-0.1, -0.05) is 11.6 Å². The van der Waals surface area contributed by atoms with Crippen molar-refractivity contribution in [2.24, 2.45) is 0 Å². The van der Waals surface area contributed by atoms with Crippen LogP contribution in [0.3, 0.4) is 0 Å². The lowest BCUT2D eigenvalue weighted by atomic mass is 10.1. The molecule has 0 fully saturated rings. The van der Waals surface area contributed by atoms with Gasteiger partial charge in [-0.05, 0) is 46.9 Å². The van der Waals surface area contributed by atoms with Crippen LogP contribution in [0.1, 0.15) is 10.6 Å². The Kier molecular flexibility index (Phi) is 3.73. The quantitative estimate of drug-likeness (QED) is 0.611. The van der Waals surface area contributed by atoms with Crippen molar-refractivity contribution >= 4 is 40.5 Å². The molecular weight excluding hydrogens is 354 g/mol. The summed E-state index contributed by atoms with van der Waals surface area (Å²) >= 11 is 8.29. The van der Waals surface area contributed by atoms with E-state index in [9.17, 15) is 4.79 Å². The van der Waals surface area contributed by atoms with E-state index in [-0.39, 0.29) is 5.76 Å². The van der Waals surface area contributed by atoms with Crippen LogP contribution in [0.15, 0.2) is 28.7 Å². The first-order chi connectivity index (χ1) is 8.17. The molecule has 0 spiro atoms. The topological polar surface area (TPSA) is 39.4 Å². The largest absolute Gasteiger partial charge is 0.495 e. The third-order valence-corrected chi connectivity index (χ3v) is 3.42. The van der Waals surface area contributed by atoms with Gasteiger partial charge in [0.05, 0.1) is 21.3 Å². The van der Waals surface area contributed by atoms with Crippen LogP contribution >= 0.6 is 34.2 Å². The summed E-state index contributed by atoms with van der Waals surface area (Å²) in [4.78, 5) is 10.6. The third-order valence-electron chi connectivity index (χ3n) is 2.25. The van der Waals surface area contributed by atoms with Crippen LogP contribution in [-0.2, 0) is 0 Å². The molecule has 0 unspecified atom stereocenters. The number of furan rings is 1. The molecule has 1 aromatic heterocycles. The predicted octanol–water partition coefficient (Wildman–Crippen LogP) is 4.03. The Labute approximate surface area is 117 Å². The monoisotopic (exact) mass is 362 g/mol. The molecule has 0 atom stereocenters. The highest BCUT2D eigenvalue weighted by Crippen LogP contribution is 2.40. The van der Waals surface area contributed by atoms with Crippen molar-refractivity contribution in [3.8, 4) is 17.1 Å². The number of methoxy groups -OCH3 is 1. The lowest BCUT2D eigenvalue weighted by Crippen LogP contribution is -1.91. The van der Waals surface area contributed by atoms with E-state index >= 15 is 0 Å². The summed E-state index contributed by atoms with van der Waals surface area (Å²) in [6.07, 6.45) is 0.651. The molecule has 3 nitrogen and oxygen atoms in total. The number of benzene rings is 1. The highest BCUT2D eigenvalue weighted by molar-refractivity contribution is 14.1. The summed E-state index contributed by atoms with van der Waals surface area (Å²) in [6.45, 7) is 0.